The van der Waals surface area contributed by atoms with Crippen LogP contribution in [0.4, 0.5) is 0 Å². The monoisotopic (exact) mass is 341 g/mol. The van der Waals surface area contributed by atoms with Crippen molar-refractivity contribution in [1.29, 1.82) is 0 Å². The Kier molecular flexibility index (Phi) is 11.2. The summed E-state index contributed by atoms with van der Waals surface area (Å²) in [5.74, 6) is 0. The number of halogens is 2. The molecule has 87 valence electrons. The summed E-state index contributed by atoms with van der Waals surface area (Å²) in [4.78, 5) is 0. The van der Waals surface area contributed by atoms with Crippen molar-refractivity contribution in [1.82, 2.24) is 0 Å². The molecule has 0 N–H and O–H groups in total. The Bertz CT molecular complexity index is 405. The maximum Gasteiger partial charge on any atom is 3.00 e. The van der Waals surface area contributed by atoms with Gasteiger partial charge in [0.15, 0.2) is 0 Å². The Morgan fingerprint density at radius 3 is 2.29 bits per heavy atom. The maximum absolute atomic E-state index is 3.37. The van der Waals surface area contributed by atoms with Gasteiger partial charge in [-0.2, -0.15) is 12.2 Å². The molecule has 0 fully saturated rings. The molecule has 0 bridgehead atoms. The van der Waals surface area contributed by atoms with Gasteiger partial charge in [-0.25, -0.2) is 0 Å². The molecular weight excluding hydrogens is 330 g/mol. The molecular formula is C14H13Cl2Zr. The van der Waals surface area contributed by atoms with E-state index in [0.29, 0.717) is 0 Å². The minimum absolute atomic E-state index is 0. The van der Waals surface area contributed by atoms with Crippen molar-refractivity contribution in [2.24, 2.45) is 0 Å². The Balaban J connectivity index is 0. The first-order valence-corrected chi connectivity index (χ1v) is 4.98. The molecule has 0 unspecified atom stereocenters. The van der Waals surface area contributed by atoms with E-state index >= 15 is 0 Å². The minimum atomic E-state index is 0. The fourth-order valence-corrected chi connectivity index (χ4v) is 1.54. The van der Waals surface area contributed by atoms with Crippen LogP contribution < -0.4 is 24.8 Å². The number of rotatable bonds is 2. The third-order valence-corrected chi connectivity index (χ3v) is 2.22. The average Bonchev–Trinajstić information content (AvgIpc) is 2.68. The molecule has 0 aromatic heterocycles. The minimum Gasteiger partial charge on any atom is -1.00 e. The van der Waals surface area contributed by atoms with Crippen molar-refractivity contribution in [2.75, 3.05) is 0 Å². The molecule has 1 aliphatic rings. The van der Waals surface area contributed by atoms with Gasteiger partial charge in [-0.15, -0.1) is 23.3 Å². The Morgan fingerprint density at radius 1 is 1.06 bits per heavy atom. The molecule has 0 heterocycles. The van der Waals surface area contributed by atoms with Crippen molar-refractivity contribution < 1.29 is 51.0 Å². The largest absolute Gasteiger partial charge is 3.00 e. The van der Waals surface area contributed by atoms with Gasteiger partial charge in [0.05, 0.1) is 0 Å². The molecule has 0 aliphatic heterocycles. The Hall–Kier alpha value is -0.0969. The van der Waals surface area contributed by atoms with E-state index in [1.165, 1.54) is 16.7 Å². The van der Waals surface area contributed by atoms with Crippen LogP contribution in [0.3, 0.4) is 0 Å². The summed E-state index contributed by atoms with van der Waals surface area (Å²) in [6.45, 7) is 2.14. The van der Waals surface area contributed by atoms with E-state index in [1.807, 2.05) is 6.07 Å². The summed E-state index contributed by atoms with van der Waals surface area (Å²) in [5.41, 5.74) is 3.62. The van der Waals surface area contributed by atoms with E-state index in [4.69, 9.17) is 0 Å². The maximum atomic E-state index is 3.37. The van der Waals surface area contributed by atoms with Crippen LogP contribution in [-0.4, -0.2) is 0 Å². The molecule has 2 rings (SSSR count). The second kappa shape index (κ2) is 9.88. The zero-order chi connectivity index (χ0) is 9.80. The average molecular weight is 343 g/mol. The smallest absolute Gasteiger partial charge is 1.00 e. The van der Waals surface area contributed by atoms with Gasteiger partial charge in [0, 0.05) is 0 Å². The normalized spacial score (nSPS) is 14.4. The molecule has 17 heavy (non-hydrogen) atoms. The molecule has 0 amide bonds. The van der Waals surface area contributed by atoms with Crippen LogP contribution >= 0.6 is 0 Å². The molecule has 0 spiro atoms. The van der Waals surface area contributed by atoms with Crippen molar-refractivity contribution in [2.45, 2.75) is 13.3 Å². The Morgan fingerprint density at radius 2 is 1.71 bits per heavy atom. The van der Waals surface area contributed by atoms with Gasteiger partial charge in [-0.3, -0.25) is 0 Å². The van der Waals surface area contributed by atoms with Crippen LogP contribution in [0.1, 0.15) is 18.9 Å². The van der Waals surface area contributed by atoms with E-state index in [2.05, 4.69) is 55.5 Å². The first kappa shape index (κ1) is 19.2. The van der Waals surface area contributed by atoms with Gasteiger partial charge in [0.1, 0.15) is 0 Å². The number of allylic oxidation sites excluding steroid dienone is 6. The second-order valence-corrected chi connectivity index (χ2v) is 3.31. The van der Waals surface area contributed by atoms with Crippen molar-refractivity contribution in [3.8, 4) is 0 Å². The predicted molar refractivity (Wildman–Crippen MR) is 60.6 cm³/mol. The standard InChI is InChI=1S/C14H13.2ClH.Zr/c1-2-6-12-9-10-14(11-12)13-7-4-3-5-8-13;;;/h3-10H,2H2,1H3;2*1H;/q-1;;;+3/p-2. The van der Waals surface area contributed by atoms with Crippen LogP contribution in [0.2, 0.25) is 0 Å². The summed E-state index contributed by atoms with van der Waals surface area (Å²) in [5, 5.41) is 0. The van der Waals surface area contributed by atoms with E-state index in [0.717, 1.165) is 6.42 Å². The van der Waals surface area contributed by atoms with Gasteiger partial charge in [-0.1, -0.05) is 49.2 Å². The molecule has 0 saturated heterocycles. The molecule has 0 atom stereocenters. The number of hydrogen-bond donors (Lipinski definition) is 0. The molecule has 1 radical (unpaired) electrons. The number of hydrogen-bond acceptors (Lipinski definition) is 0. The van der Waals surface area contributed by atoms with Crippen LogP contribution in [0.25, 0.3) is 5.57 Å². The van der Waals surface area contributed by atoms with Crippen LogP contribution in [0.15, 0.2) is 54.1 Å². The van der Waals surface area contributed by atoms with E-state index in [1.54, 1.807) is 0 Å². The molecule has 0 nitrogen and oxygen atoms in total. The van der Waals surface area contributed by atoms with Crippen LogP contribution in [0, 0.1) is 6.08 Å². The van der Waals surface area contributed by atoms with Gasteiger partial charge in [0.25, 0.3) is 0 Å². The van der Waals surface area contributed by atoms with Gasteiger partial charge >= 0.3 is 26.2 Å². The first-order valence-electron chi connectivity index (χ1n) is 4.98. The van der Waals surface area contributed by atoms with Crippen molar-refractivity contribution in [3.05, 3.63) is 65.8 Å². The topological polar surface area (TPSA) is 0 Å². The fourth-order valence-electron chi connectivity index (χ4n) is 1.54. The third-order valence-electron chi connectivity index (χ3n) is 2.22. The molecule has 3 heteroatoms. The summed E-state index contributed by atoms with van der Waals surface area (Å²) >= 11 is 0. The summed E-state index contributed by atoms with van der Waals surface area (Å²) in [6.07, 6.45) is 10.9. The SMILES string of the molecule is CCC=C1[C-]=C(c2ccccc2)C=C1.[Cl-].[Cl-].[Zr+3]. The number of benzene rings is 1. The zero-order valence-corrected chi connectivity index (χ0v) is 13.6. The molecule has 1 aliphatic carbocycles. The van der Waals surface area contributed by atoms with Gasteiger partial charge in [0.2, 0.25) is 0 Å². The summed E-state index contributed by atoms with van der Waals surface area (Å²) in [7, 11) is 0. The Labute approximate surface area is 135 Å². The van der Waals surface area contributed by atoms with Crippen LogP contribution in [-0.2, 0) is 26.2 Å². The summed E-state index contributed by atoms with van der Waals surface area (Å²) < 4.78 is 0. The van der Waals surface area contributed by atoms with E-state index in [9.17, 15) is 0 Å². The van der Waals surface area contributed by atoms with Gasteiger partial charge in [-0.05, 0) is 0 Å². The molecule has 0 saturated carbocycles. The third kappa shape index (κ3) is 5.38. The zero-order valence-electron chi connectivity index (χ0n) is 9.58. The predicted octanol–water partition coefficient (Wildman–Crippen LogP) is -2.22. The quantitative estimate of drug-likeness (QED) is 0.534. The van der Waals surface area contributed by atoms with E-state index in [-0.39, 0.29) is 51.0 Å². The van der Waals surface area contributed by atoms with Crippen molar-refractivity contribution >= 4 is 5.57 Å². The molecule has 1 aromatic rings. The summed E-state index contributed by atoms with van der Waals surface area (Å²) in [6, 6.07) is 10.4. The fraction of sp³-hybridized carbons (Fsp3) is 0.143. The molecule has 1 aromatic carbocycles. The van der Waals surface area contributed by atoms with Crippen molar-refractivity contribution in [3.63, 3.8) is 0 Å². The van der Waals surface area contributed by atoms with Gasteiger partial charge < -0.3 is 24.8 Å². The van der Waals surface area contributed by atoms with E-state index < -0.39 is 0 Å². The second-order valence-electron chi connectivity index (χ2n) is 3.31. The first-order chi connectivity index (χ1) is 6.90. The van der Waals surface area contributed by atoms with Crippen LogP contribution in [0.5, 0.6) is 0 Å².